The molecule has 4 nitrogen and oxygen atoms in total. The predicted octanol–water partition coefficient (Wildman–Crippen LogP) is 2.95. The summed E-state index contributed by atoms with van der Waals surface area (Å²) in [6.45, 7) is 3.52. The van der Waals surface area contributed by atoms with Crippen molar-refractivity contribution in [2.45, 2.75) is 44.8 Å². The van der Waals surface area contributed by atoms with E-state index in [0.717, 1.165) is 18.4 Å². The van der Waals surface area contributed by atoms with Crippen LogP contribution >= 0.6 is 0 Å². The lowest BCUT2D eigenvalue weighted by atomic mass is 9.87. The Morgan fingerprint density at radius 3 is 2.55 bits per heavy atom. The van der Waals surface area contributed by atoms with Crippen LogP contribution in [0.3, 0.4) is 0 Å². The monoisotopic (exact) mass is 277 g/mol. The molecule has 0 aliphatic carbocycles. The zero-order valence-electron chi connectivity index (χ0n) is 12.0. The fraction of sp³-hybridized carbons (Fsp3) is 0.562. The number of piperidine rings is 1. The van der Waals surface area contributed by atoms with Gasteiger partial charge in [0.15, 0.2) is 0 Å². The van der Waals surface area contributed by atoms with Gasteiger partial charge in [0.25, 0.3) is 0 Å². The van der Waals surface area contributed by atoms with E-state index < -0.39 is 5.60 Å². The molecule has 0 radical (unpaired) electrons. The molecule has 0 spiro atoms. The molecular formula is C16H23NO3. The van der Waals surface area contributed by atoms with Crippen molar-refractivity contribution >= 4 is 6.09 Å². The highest BCUT2D eigenvalue weighted by atomic mass is 16.6. The van der Waals surface area contributed by atoms with Crippen molar-refractivity contribution in [3.8, 4) is 0 Å². The number of amides is 1. The molecule has 0 saturated carbocycles. The van der Waals surface area contributed by atoms with Gasteiger partial charge in [0, 0.05) is 13.1 Å². The summed E-state index contributed by atoms with van der Waals surface area (Å²) < 4.78 is 5.30. The van der Waals surface area contributed by atoms with Crippen LogP contribution in [-0.4, -0.2) is 34.8 Å². The summed E-state index contributed by atoms with van der Waals surface area (Å²) in [5.41, 5.74) is 0.394. The second-order valence-electron chi connectivity index (χ2n) is 5.50. The van der Waals surface area contributed by atoms with Crippen LogP contribution in [0.1, 0.15) is 38.2 Å². The Morgan fingerprint density at radius 1 is 1.30 bits per heavy atom. The Kier molecular flexibility index (Phi) is 5.01. The van der Waals surface area contributed by atoms with Crippen LogP contribution in [0.2, 0.25) is 0 Å². The van der Waals surface area contributed by atoms with Crippen molar-refractivity contribution in [1.29, 1.82) is 0 Å². The largest absolute Gasteiger partial charge is 0.445 e. The highest BCUT2D eigenvalue weighted by Gasteiger charge is 2.33. The minimum Gasteiger partial charge on any atom is -0.445 e. The number of rotatable bonds is 4. The second-order valence-corrected chi connectivity index (χ2v) is 5.50. The average Bonchev–Trinajstić information content (AvgIpc) is 2.47. The van der Waals surface area contributed by atoms with Gasteiger partial charge in [0.05, 0.1) is 5.60 Å². The molecule has 1 heterocycles. The maximum absolute atomic E-state index is 12.0. The molecule has 1 aromatic rings. The van der Waals surface area contributed by atoms with E-state index in [4.69, 9.17) is 4.74 Å². The van der Waals surface area contributed by atoms with Crippen molar-refractivity contribution in [2.24, 2.45) is 0 Å². The minimum atomic E-state index is -0.592. The molecule has 110 valence electrons. The Labute approximate surface area is 120 Å². The van der Waals surface area contributed by atoms with Crippen LogP contribution in [-0.2, 0) is 11.3 Å². The van der Waals surface area contributed by atoms with E-state index in [1.165, 1.54) is 0 Å². The molecule has 20 heavy (non-hydrogen) atoms. The summed E-state index contributed by atoms with van der Waals surface area (Å²) in [6, 6.07) is 9.65. The Hall–Kier alpha value is -1.55. The summed E-state index contributed by atoms with van der Waals surface area (Å²) in [5, 5.41) is 10.3. The van der Waals surface area contributed by atoms with E-state index in [9.17, 15) is 9.90 Å². The lowest BCUT2D eigenvalue weighted by Crippen LogP contribution is -2.46. The highest BCUT2D eigenvalue weighted by molar-refractivity contribution is 5.67. The number of likely N-dealkylation sites (tertiary alicyclic amines) is 1. The maximum Gasteiger partial charge on any atom is 0.410 e. The van der Waals surface area contributed by atoms with Gasteiger partial charge < -0.3 is 14.7 Å². The van der Waals surface area contributed by atoms with Crippen molar-refractivity contribution in [2.75, 3.05) is 13.1 Å². The molecule has 2 rings (SSSR count). The average molecular weight is 277 g/mol. The minimum absolute atomic E-state index is 0.285. The number of nitrogens with zero attached hydrogens (tertiary/aromatic N) is 1. The first-order chi connectivity index (χ1) is 9.63. The van der Waals surface area contributed by atoms with E-state index >= 15 is 0 Å². The van der Waals surface area contributed by atoms with Crippen LogP contribution in [0.4, 0.5) is 4.79 Å². The molecule has 0 atom stereocenters. The molecule has 1 saturated heterocycles. The summed E-state index contributed by atoms with van der Waals surface area (Å²) in [4.78, 5) is 13.6. The lowest BCUT2D eigenvalue weighted by Gasteiger charge is -2.37. The van der Waals surface area contributed by atoms with Crippen molar-refractivity contribution in [1.82, 2.24) is 4.90 Å². The van der Waals surface area contributed by atoms with Gasteiger partial charge in [0.2, 0.25) is 0 Å². The molecule has 1 aliphatic rings. The number of benzene rings is 1. The molecule has 1 aliphatic heterocycles. The van der Waals surface area contributed by atoms with Crippen molar-refractivity contribution in [3.63, 3.8) is 0 Å². The molecule has 0 bridgehead atoms. The van der Waals surface area contributed by atoms with Crippen molar-refractivity contribution in [3.05, 3.63) is 35.9 Å². The third-order valence-electron chi connectivity index (χ3n) is 3.87. The zero-order valence-corrected chi connectivity index (χ0v) is 12.0. The molecule has 1 N–H and O–H groups in total. The molecular weight excluding hydrogens is 254 g/mol. The first-order valence-electron chi connectivity index (χ1n) is 7.31. The second kappa shape index (κ2) is 6.75. The third kappa shape index (κ3) is 3.97. The number of aliphatic hydroxyl groups is 1. The normalized spacial score (nSPS) is 17.8. The van der Waals surface area contributed by atoms with Gasteiger partial charge in [-0.15, -0.1) is 0 Å². The first-order valence-corrected chi connectivity index (χ1v) is 7.31. The molecule has 0 unspecified atom stereocenters. The maximum atomic E-state index is 12.0. The molecule has 4 heteroatoms. The van der Waals surface area contributed by atoms with Crippen LogP contribution in [0.25, 0.3) is 0 Å². The number of ether oxygens (including phenoxy) is 1. The van der Waals surface area contributed by atoms with E-state index in [1.807, 2.05) is 30.3 Å². The van der Waals surface area contributed by atoms with Crippen LogP contribution in [0.15, 0.2) is 30.3 Å². The lowest BCUT2D eigenvalue weighted by molar-refractivity contribution is -0.0274. The fourth-order valence-corrected chi connectivity index (χ4v) is 2.63. The van der Waals surface area contributed by atoms with Gasteiger partial charge in [-0.3, -0.25) is 0 Å². The van der Waals surface area contributed by atoms with Gasteiger partial charge in [0.1, 0.15) is 6.61 Å². The smallest absolute Gasteiger partial charge is 0.410 e. The zero-order chi connectivity index (χ0) is 14.4. The SMILES string of the molecule is CCCC1(O)CCN(C(=O)OCc2ccccc2)CC1. The summed E-state index contributed by atoms with van der Waals surface area (Å²) in [7, 11) is 0. The Bertz CT molecular complexity index is 425. The van der Waals surface area contributed by atoms with Crippen molar-refractivity contribution < 1.29 is 14.6 Å². The summed E-state index contributed by atoms with van der Waals surface area (Å²) in [6.07, 6.45) is 2.77. The van der Waals surface area contributed by atoms with Crippen LogP contribution < -0.4 is 0 Å². The number of carbonyl (C=O) groups excluding carboxylic acids is 1. The first kappa shape index (κ1) is 14.9. The van der Waals surface area contributed by atoms with Crippen LogP contribution in [0.5, 0.6) is 0 Å². The van der Waals surface area contributed by atoms with E-state index in [-0.39, 0.29) is 6.09 Å². The quantitative estimate of drug-likeness (QED) is 0.920. The predicted molar refractivity (Wildman–Crippen MR) is 77.3 cm³/mol. The standard InChI is InChI=1S/C16H23NO3/c1-2-8-16(19)9-11-17(12-10-16)15(18)20-13-14-6-4-3-5-7-14/h3-7,19H,2,8-13H2,1H3. The van der Waals surface area contributed by atoms with E-state index in [0.29, 0.717) is 32.5 Å². The van der Waals surface area contributed by atoms with Gasteiger partial charge >= 0.3 is 6.09 Å². The number of hydrogen-bond donors (Lipinski definition) is 1. The highest BCUT2D eigenvalue weighted by Crippen LogP contribution is 2.27. The third-order valence-corrected chi connectivity index (χ3v) is 3.87. The number of carbonyl (C=O) groups is 1. The molecule has 1 amide bonds. The number of hydrogen-bond acceptors (Lipinski definition) is 3. The molecule has 1 aromatic carbocycles. The van der Waals surface area contributed by atoms with E-state index in [2.05, 4.69) is 6.92 Å². The Morgan fingerprint density at radius 2 is 1.95 bits per heavy atom. The van der Waals surface area contributed by atoms with E-state index in [1.54, 1.807) is 4.90 Å². The summed E-state index contributed by atoms with van der Waals surface area (Å²) >= 11 is 0. The molecule has 0 aromatic heterocycles. The van der Waals surface area contributed by atoms with Gasteiger partial charge in [-0.05, 0) is 24.8 Å². The van der Waals surface area contributed by atoms with Gasteiger partial charge in [-0.1, -0.05) is 43.7 Å². The molecule has 1 fully saturated rings. The topological polar surface area (TPSA) is 49.8 Å². The van der Waals surface area contributed by atoms with Gasteiger partial charge in [-0.2, -0.15) is 0 Å². The van der Waals surface area contributed by atoms with Gasteiger partial charge in [-0.25, -0.2) is 4.79 Å². The van der Waals surface area contributed by atoms with Crippen LogP contribution in [0, 0.1) is 0 Å². The Balaban J connectivity index is 1.77. The fourth-order valence-electron chi connectivity index (χ4n) is 2.63. The summed E-state index contributed by atoms with van der Waals surface area (Å²) in [5.74, 6) is 0.